The Morgan fingerprint density at radius 3 is 2.24 bits per heavy atom. The molecule has 1 aromatic carbocycles. The minimum atomic E-state index is -0.331. The van der Waals surface area contributed by atoms with Crippen LogP contribution in [0.5, 0.6) is 0 Å². The van der Waals surface area contributed by atoms with Crippen LogP contribution in [-0.4, -0.2) is 44.7 Å². The van der Waals surface area contributed by atoms with Crippen LogP contribution < -0.4 is 20.4 Å². The van der Waals surface area contributed by atoms with Gasteiger partial charge in [-0.15, -0.1) is 0 Å². The lowest BCUT2D eigenvalue weighted by Crippen LogP contribution is -2.71. The third-order valence-corrected chi connectivity index (χ3v) is 4.63. The molecular formula is C15H18N4O2. The largest absolute Gasteiger partial charge is 0.370 e. The number of nitrogens with one attached hydrogen (secondary N) is 2. The molecule has 0 atom stereocenters. The molecule has 0 unspecified atom stereocenters. The summed E-state index contributed by atoms with van der Waals surface area (Å²) in [7, 11) is 0. The van der Waals surface area contributed by atoms with E-state index in [0.29, 0.717) is 18.4 Å². The Morgan fingerprint density at radius 1 is 1.00 bits per heavy atom. The molecule has 6 nitrogen and oxygen atoms in total. The monoisotopic (exact) mass is 286 g/mol. The van der Waals surface area contributed by atoms with E-state index in [9.17, 15) is 9.59 Å². The quantitative estimate of drug-likeness (QED) is 0.833. The Balaban J connectivity index is 1.44. The van der Waals surface area contributed by atoms with Crippen molar-refractivity contribution in [3.8, 4) is 0 Å². The van der Waals surface area contributed by atoms with Gasteiger partial charge in [0.2, 0.25) is 5.91 Å². The van der Waals surface area contributed by atoms with Crippen LogP contribution in [0.25, 0.3) is 0 Å². The minimum absolute atomic E-state index is 0.201. The summed E-state index contributed by atoms with van der Waals surface area (Å²) in [6.07, 6.45) is 0.356. The van der Waals surface area contributed by atoms with Crippen molar-refractivity contribution in [1.82, 2.24) is 10.6 Å². The average Bonchev–Trinajstić information content (AvgIpc) is 2.36. The van der Waals surface area contributed by atoms with Gasteiger partial charge in [0.15, 0.2) is 0 Å². The van der Waals surface area contributed by atoms with Crippen LogP contribution in [0.15, 0.2) is 24.3 Å². The van der Waals surface area contributed by atoms with Gasteiger partial charge in [0.25, 0.3) is 0 Å². The number of hydrogen-bond acceptors (Lipinski definition) is 4. The van der Waals surface area contributed by atoms with Gasteiger partial charge in [-0.2, -0.15) is 0 Å². The fourth-order valence-corrected chi connectivity index (χ4v) is 3.30. The number of amides is 3. The Morgan fingerprint density at radius 2 is 1.67 bits per heavy atom. The summed E-state index contributed by atoms with van der Waals surface area (Å²) in [6, 6.07) is 7.68. The molecule has 110 valence electrons. The van der Waals surface area contributed by atoms with Gasteiger partial charge >= 0.3 is 6.03 Å². The number of imide groups is 1. The summed E-state index contributed by atoms with van der Waals surface area (Å²) in [6.45, 7) is 4.92. The standard InChI is InChI=1S/C15H18N4O2/c20-13-5-6-19(14(21)17-13)12-3-1-11(2-4-12)18-9-15(10-18)7-16-8-15/h1-4,16H,5-10H2,(H,17,20,21). The Kier molecular flexibility index (Phi) is 2.68. The van der Waals surface area contributed by atoms with Gasteiger partial charge < -0.3 is 10.2 Å². The fraction of sp³-hybridized carbons (Fsp3) is 0.467. The smallest absolute Gasteiger partial charge is 0.328 e. The van der Waals surface area contributed by atoms with E-state index >= 15 is 0 Å². The van der Waals surface area contributed by atoms with Gasteiger partial charge in [-0.1, -0.05) is 0 Å². The van der Waals surface area contributed by atoms with E-state index in [2.05, 4.69) is 27.7 Å². The van der Waals surface area contributed by atoms with Crippen molar-refractivity contribution >= 4 is 23.3 Å². The van der Waals surface area contributed by atoms with Crippen molar-refractivity contribution in [2.75, 3.05) is 42.5 Å². The summed E-state index contributed by atoms with van der Waals surface area (Å²) < 4.78 is 0. The van der Waals surface area contributed by atoms with Crippen molar-refractivity contribution < 1.29 is 9.59 Å². The lowest BCUT2D eigenvalue weighted by molar-refractivity contribution is -0.120. The van der Waals surface area contributed by atoms with E-state index < -0.39 is 0 Å². The number of carbonyl (C=O) groups is 2. The summed E-state index contributed by atoms with van der Waals surface area (Å²) in [5.41, 5.74) is 2.54. The van der Waals surface area contributed by atoms with Crippen molar-refractivity contribution in [3.63, 3.8) is 0 Å². The molecular weight excluding hydrogens is 268 g/mol. The molecule has 0 aromatic heterocycles. The molecule has 3 amide bonds. The highest BCUT2D eigenvalue weighted by Gasteiger charge is 2.47. The highest BCUT2D eigenvalue weighted by atomic mass is 16.2. The van der Waals surface area contributed by atoms with Gasteiger partial charge in [-0.25, -0.2) is 4.79 Å². The first kappa shape index (κ1) is 12.6. The third kappa shape index (κ3) is 2.06. The van der Waals surface area contributed by atoms with Crippen LogP contribution in [-0.2, 0) is 4.79 Å². The maximum Gasteiger partial charge on any atom is 0.328 e. The van der Waals surface area contributed by atoms with Crippen LogP contribution in [0, 0.1) is 5.41 Å². The van der Waals surface area contributed by atoms with E-state index in [1.165, 1.54) is 5.69 Å². The number of benzene rings is 1. The zero-order valence-electron chi connectivity index (χ0n) is 11.8. The zero-order valence-corrected chi connectivity index (χ0v) is 11.8. The average molecular weight is 286 g/mol. The summed E-state index contributed by atoms with van der Waals surface area (Å²) in [4.78, 5) is 26.9. The summed E-state index contributed by atoms with van der Waals surface area (Å²) >= 11 is 0. The minimum Gasteiger partial charge on any atom is -0.370 e. The van der Waals surface area contributed by atoms with E-state index in [4.69, 9.17) is 0 Å². The molecule has 0 aliphatic carbocycles. The molecule has 3 aliphatic heterocycles. The second-order valence-electron chi connectivity index (χ2n) is 6.23. The molecule has 3 saturated heterocycles. The van der Waals surface area contributed by atoms with Crippen molar-refractivity contribution in [2.45, 2.75) is 6.42 Å². The summed E-state index contributed by atoms with van der Waals surface area (Å²) in [5, 5.41) is 5.68. The molecule has 0 radical (unpaired) electrons. The highest BCUT2D eigenvalue weighted by Crippen LogP contribution is 2.37. The van der Waals surface area contributed by atoms with Gasteiger partial charge in [-0.3, -0.25) is 15.0 Å². The van der Waals surface area contributed by atoms with E-state index in [1.807, 2.05) is 12.1 Å². The second-order valence-corrected chi connectivity index (χ2v) is 6.23. The maximum absolute atomic E-state index is 11.8. The lowest BCUT2D eigenvalue weighted by atomic mass is 9.74. The molecule has 4 rings (SSSR count). The normalized spacial score (nSPS) is 23.6. The molecule has 6 heteroatoms. The van der Waals surface area contributed by atoms with E-state index in [0.717, 1.165) is 31.9 Å². The highest BCUT2D eigenvalue weighted by molar-refractivity contribution is 6.05. The van der Waals surface area contributed by atoms with Gasteiger partial charge in [0.1, 0.15) is 0 Å². The molecule has 3 aliphatic rings. The Bertz CT molecular complexity index is 586. The SMILES string of the molecule is O=C1CCN(c2ccc(N3CC4(CNC4)C3)cc2)C(=O)N1. The fourth-order valence-electron chi connectivity index (χ4n) is 3.30. The molecule has 2 N–H and O–H groups in total. The summed E-state index contributed by atoms with van der Waals surface area (Å²) in [5.74, 6) is -0.201. The maximum atomic E-state index is 11.8. The van der Waals surface area contributed by atoms with Crippen LogP contribution >= 0.6 is 0 Å². The zero-order chi connectivity index (χ0) is 14.4. The van der Waals surface area contributed by atoms with E-state index in [1.54, 1.807) is 4.90 Å². The van der Waals surface area contributed by atoms with Crippen molar-refractivity contribution in [2.24, 2.45) is 5.41 Å². The Hall–Kier alpha value is -2.08. The number of nitrogens with zero attached hydrogens (tertiary/aromatic N) is 2. The third-order valence-electron chi connectivity index (χ3n) is 4.63. The first-order chi connectivity index (χ1) is 10.2. The van der Waals surface area contributed by atoms with Gasteiger partial charge in [-0.05, 0) is 24.3 Å². The van der Waals surface area contributed by atoms with Crippen LogP contribution in [0.4, 0.5) is 16.2 Å². The number of anilines is 2. The molecule has 0 bridgehead atoms. The van der Waals surface area contributed by atoms with Gasteiger partial charge in [0, 0.05) is 55.9 Å². The molecule has 3 fully saturated rings. The van der Waals surface area contributed by atoms with Crippen LogP contribution in [0.1, 0.15) is 6.42 Å². The first-order valence-corrected chi connectivity index (χ1v) is 7.32. The number of rotatable bonds is 2. The van der Waals surface area contributed by atoms with Crippen molar-refractivity contribution in [3.05, 3.63) is 24.3 Å². The number of urea groups is 1. The lowest BCUT2D eigenvalue weighted by Gasteiger charge is -2.57. The first-order valence-electron chi connectivity index (χ1n) is 7.32. The van der Waals surface area contributed by atoms with Crippen molar-refractivity contribution in [1.29, 1.82) is 0 Å². The molecule has 1 aromatic rings. The molecule has 0 saturated carbocycles. The predicted octanol–water partition coefficient (Wildman–Crippen LogP) is 0.542. The predicted molar refractivity (Wildman–Crippen MR) is 79.5 cm³/mol. The molecule has 21 heavy (non-hydrogen) atoms. The van der Waals surface area contributed by atoms with Crippen LogP contribution in [0.3, 0.4) is 0 Å². The Labute approximate surface area is 123 Å². The van der Waals surface area contributed by atoms with Gasteiger partial charge in [0.05, 0.1) is 0 Å². The second kappa shape index (κ2) is 4.46. The van der Waals surface area contributed by atoms with E-state index in [-0.39, 0.29) is 11.9 Å². The topological polar surface area (TPSA) is 64.7 Å². The van der Waals surface area contributed by atoms with Crippen LogP contribution in [0.2, 0.25) is 0 Å². The molecule has 3 heterocycles. The molecule has 1 spiro atoms. The number of carbonyl (C=O) groups excluding carboxylic acids is 2. The number of hydrogen-bond donors (Lipinski definition) is 2.